The molecule has 0 aliphatic carbocycles. The largest absolute Gasteiger partial charge is 0.323 e. The third kappa shape index (κ3) is 4.97. The minimum Gasteiger partial charge on any atom is -0.308 e. The van der Waals surface area contributed by atoms with Gasteiger partial charge in [-0.05, 0) is 54.1 Å². The molecule has 0 aliphatic heterocycles. The van der Waals surface area contributed by atoms with E-state index in [2.05, 4.69) is 30.8 Å². The minimum atomic E-state index is -0.323. The number of H-pyrrole nitrogens is 1. The van der Waals surface area contributed by atoms with Gasteiger partial charge in [0.05, 0.1) is 0 Å². The maximum atomic E-state index is 12.1. The molecule has 2 amide bonds. The highest BCUT2D eigenvalue weighted by molar-refractivity contribution is 6.30. The number of carbonyl (C=O) groups is 1. The van der Waals surface area contributed by atoms with E-state index < -0.39 is 0 Å². The van der Waals surface area contributed by atoms with Crippen molar-refractivity contribution in [3.05, 3.63) is 89.5 Å². The third-order valence-corrected chi connectivity index (χ3v) is 4.39. The van der Waals surface area contributed by atoms with Gasteiger partial charge in [-0.2, -0.15) is 5.10 Å². The van der Waals surface area contributed by atoms with Crippen LogP contribution in [0.3, 0.4) is 0 Å². The minimum absolute atomic E-state index is 0.323. The topological polar surface area (TPSA) is 95.6 Å². The average Bonchev–Trinajstić information content (AvgIpc) is 3.20. The predicted molar refractivity (Wildman–Crippen MR) is 113 cm³/mol. The molecular weight excluding hydrogens is 388 g/mol. The summed E-state index contributed by atoms with van der Waals surface area (Å²) < 4.78 is 0. The smallest absolute Gasteiger partial charge is 0.308 e. The lowest BCUT2D eigenvalue weighted by Crippen LogP contribution is -2.19. The number of aromatic amines is 1. The van der Waals surface area contributed by atoms with E-state index in [1.54, 1.807) is 36.7 Å². The fourth-order valence-electron chi connectivity index (χ4n) is 2.72. The molecule has 2 aromatic heterocycles. The molecule has 0 radical (unpaired) electrons. The van der Waals surface area contributed by atoms with Crippen molar-refractivity contribution in [3.63, 3.8) is 0 Å². The predicted octanol–water partition coefficient (Wildman–Crippen LogP) is 4.75. The molecule has 0 fully saturated rings. The Morgan fingerprint density at radius 1 is 0.966 bits per heavy atom. The van der Waals surface area contributed by atoms with Gasteiger partial charge in [-0.15, -0.1) is 0 Å². The number of urea groups is 1. The van der Waals surface area contributed by atoms with Crippen LogP contribution in [0.4, 0.5) is 16.2 Å². The summed E-state index contributed by atoms with van der Waals surface area (Å²) in [4.78, 5) is 20.7. The lowest BCUT2D eigenvalue weighted by atomic mass is 10.1. The molecular formula is C21H17ClN6O. The zero-order valence-corrected chi connectivity index (χ0v) is 16.0. The Morgan fingerprint density at radius 2 is 1.66 bits per heavy atom. The number of carbonyl (C=O) groups excluding carboxylic acids is 1. The SMILES string of the molecule is O=C(Nc1ccc(Cl)cc1)Nc1ccc(Cc2nc(-c3cccnc3)n[nH]2)cc1. The molecule has 0 saturated heterocycles. The average molecular weight is 405 g/mol. The Morgan fingerprint density at radius 3 is 2.31 bits per heavy atom. The maximum Gasteiger partial charge on any atom is 0.323 e. The maximum absolute atomic E-state index is 12.1. The molecule has 7 nitrogen and oxygen atoms in total. The first kappa shape index (κ1) is 18.6. The molecule has 4 rings (SSSR count). The molecule has 144 valence electrons. The van der Waals surface area contributed by atoms with E-state index in [9.17, 15) is 4.79 Å². The van der Waals surface area contributed by atoms with Crippen LogP contribution in [0.25, 0.3) is 11.4 Å². The van der Waals surface area contributed by atoms with Crippen LogP contribution in [0, 0.1) is 0 Å². The summed E-state index contributed by atoms with van der Waals surface area (Å²) in [7, 11) is 0. The van der Waals surface area contributed by atoms with Crippen LogP contribution < -0.4 is 10.6 Å². The summed E-state index contributed by atoms with van der Waals surface area (Å²) in [6.45, 7) is 0. The van der Waals surface area contributed by atoms with E-state index in [0.29, 0.717) is 28.6 Å². The third-order valence-electron chi connectivity index (χ3n) is 4.14. The highest BCUT2D eigenvalue weighted by atomic mass is 35.5. The summed E-state index contributed by atoms with van der Waals surface area (Å²) in [5.74, 6) is 1.37. The van der Waals surface area contributed by atoms with Gasteiger partial charge in [0, 0.05) is 40.8 Å². The van der Waals surface area contributed by atoms with E-state index in [4.69, 9.17) is 11.6 Å². The molecule has 0 aliphatic rings. The first-order valence-electron chi connectivity index (χ1n) is 8.90. The van der Waals surface area contributed by atoms with Gasteiger partial charge in [0.15, 0.2) is 5.82 Å². The Labute approximate surface area is 172 Å². The summed E-state index contributed by atoms with van der Waals surface area (Å²) >= 11 is 5.84. The number of benzene rings is 2. The van der Waals surface area contributed by atoms with Gasteiger partial charge in [-0.1, -0.05) is 23.7 Å². The molecule has 8 heteroatoms. The molecule has 0 unspecified atom stereocenters. The van der Waals surface area contributed by atoms with Crippen molar-refractivity contribution in [1.29, 1.82) is 0 Å². The Bertz CT molecular complexity index is 1090. The molecule has 0 saturated carbocycles. The number of rotatable bonds is 5. The van der Waals surface area contributed by atoms with Crippen molar-refractivity contribution in [3.8, 4) is 11.4 Å². The van der Waals surface area contributed by atoms with Crippen LogP contribution >= 0.6 is 11.6 Å². The van der Waals surface area contributed by atoms with Crippen LogP contribution in [0.1, 0.15) is 11.4 Å². The van der Waals surface area contributed by atoms with Crippen LogP contribution in [0.5, 0.6) is 0 Å². The van der Waals surface area contributed by atoms with Gasteiger partial charge in [-0.25, -0.2) is 9.78 Å². The quantitative estimate of drug-likeness (QED) is 0.447. The number of hydrogen-bond acceptors (Lipinski definition) is 4. The standard InChI is InChI=1S/C21H17ClN6O/c22-16-5-9-18(10-6-16)25-21(29)24-17-7-3-14(4-8-17)12-19-26-20(28-27-19)15-2-1-11-23-13-15/h1-11,13H,12H2,(H2,24,25,29)(H,26,27,28). The zero-order valence-electron chi connectivity index (χ0n) is 15.3. The summed E-state index contributed by atoms with van der Waals surface area (Å²) in [6.07, 6.45) is 4.04. The van der Waals surface area contributed by atoms with Crippen LogP contribution in [-0.4, -0.2) is 26.2 Å². The van der Waals surface area contributed by atoms with Gasteiger partial charge in [0.25, 0.3) is 0 Å². The van der Waals surface area contributed by atoms with E-state index in [0.717, 1.165) is 17.0 Å². The van der Waals surface area contributed by atoms with Gasteiger partial charge in [0.2, 0.25) is 0 Å². The van der Waals surface area contributed by atoms with Crippen LogP contribution in [0.15, 0.2) is 73.1 Å². The number of pyridine rings is 1. The first-order chi connectivity index (χ1) is 14.2. The first-order valence-corrected chi connectivity index (χ1v) is 9.28. The van der Waals surface area contributed by atoms with E-state index >= 15 is 0 Å². The Hall–Kier alpha value is -3.71. The molecule has 2 heterocycles. The van der Waals surface area contributed by atoms with Gasteiger partial charge in [0.1, 0.15) is 5.82 Å². The number of anilines is 2. The second kappa shape index (κ2) is 8.53. The lowest BCUT2D eigenvalue weighted by molar-refractivity contribution is 0.262. The van der Waals surface area contributed by atoms with Crippen molar-refractivity contribution in [2.45, 2.75) is 6.42 Å². The van der Waals surface area contributed by atoms with Crippen molar-refractivity contribution in [1.82, 2.24) is 20.2 Å². The second-order valence-corrected chi connectivity index (χ2v) is 6.74. The zero-order chi connectivity index (χ0) is 20.1. The summed E-state index contributed by atoms with van der Waals surface area (Å²) in [6, 6.07) is 17.9. The second-order valence-electron chi connectivity index (χ2n) is 6.31. The molecule has 0 spiro atoms. The Kier molecular flexibility index (Phi) is 5.49. The molecule has 0 bridgehead atoms. The van der Waals surface area contributed by atoms with Crippen molar-refractivity contribution < 1.29 is 4.79 Å². The van der Waals surface area contributed by atoms with Gasteiger partial charge >= 0.3 is 6.03 Å². The normalized spacial score (nSPS) is 10.5. The number of hydrogen-bond donors (Lipinski definition) is 3. The number of nitrogens with zero attached hydrogens (tertiary/aromatic N) is 3. The molecule has 0 atom stereocenters. The molecule has 3 N–H and O–H groups in total. The monoisotopic (exact) mass is 404 g/mol. The summed E-state index contributed by atoms with van der Waals surface area (Å²) in [5.41, 5.74) is 3.26. The highest BCUT2D eigenvalue weighted by Crippen LogP contribution is 2.17. The van der Waals surface area contributed by atoms with Crippen molar-refractivity contribution in [2.24, 2.45) is 0 Å². The molecule has 2 aromatic carbocycles. The van der Waals surface area contributed by atoms with E-state index in [-0.39, 0.29) is 6.03 Å². The van der Waals surface area contributed by atoms with Crippen molar-refractivity contribution >= 4 is 29.0 Å². The number of nitrogens with one attached hydrogen (secondary N) is 3. The number of halogens is 1. The van der Waals surface area contributed by atoms with E-state index in [1.165, 1.54) is 0 Å². The van der Waals surface area contributed by atoms with Crippen molar-refractivity contribution in [2.75, 3.05) is 10.6 Å². The van der Waals surface area contributed by atoms with Gasteiger partial charge in [-0.3, -0.25) is 10.1 Å². The fourth-order valence-corrected chi connectivity index (χ4v) is 2.85. The summed E-state index contributed by atoms with van der Waals surface area (Å²) in [5, 5.41) is 13.4. The van der Waals surface area contributed by atoms with Crippen LogP contribution in [-0.2, 0) is 6.42 Å². The number of amides is 2. The molecule has 29 heavy (non-hydrogen) atoms. The lowest BCUT2D eigenvalue weighted by Gasteiger charge is -2.08. The number of aromatic nitrogens is 4. The molecule has 4 aromatic rings. The van der Waals surface area contributed by atoms with Crippen LogP contribution in [0.2, 0.25) is 5.02 Å². The van der Waals surface area contributed by atoms with E-state index in [1.807, 2.05) is 36.4 Å². The fraction of sp³-hybridized carbons (Fsp3) is 0.0476. The van der Waals surface area contributed by atoms with Gasteiger partial charge < -0.3 is 10.6 Å². The highest BCUT2D eigenvalue weighted by Gasteiger charge is 2.07. The Balaban J connectivity index is 1.35.